The van der Waals surface area contributed by atoms with Gasteiger partial charge in [0.15, 0.2) is 5.65 Å². The molecule has 2 atom stereocenters. The topological polar surface area (TPSA) is 75.9 Å². The molecule has 0 saturated heterocycles. The predicted molar refractivity (Wildman–Crippen MR) is 114 cm³/mol. The third-order valence-corrected chi connectivity index (χ3v) is 5.56. The summed E-state index contributed by atoms with van der Waals surface area (Å²) in [5.41, 5.74) is 4.01. The van der Waals surface area contributed by atoms with Crippen LogP contribution in [0.15, 0.2) is 61.1 Å². The van der Waals surface area contributed by atoms with E-state index >= 15 is 0 Å². The van der Waals surface area contributed by atoms with Gasteiger partial charge < -0.3 is 10.4 Å². The molecule has 30 heavy (non-hydrogen) atoms. The van der Waals surface area contributed by atoms with Crippen molar-refractivity contribution in [1.82, 2.24) is 19.5 Å². The summed E-state index contributed by atoms with van der Waals surface area (Å²) in [6, 6.07) is 14.2. The van der Waals surface area contributed by atoms with Crippen LogP contribution in [0.4, 0.5) is 10.2 Å². The zero-order valence-corrected chi connectivity index (χ0v) is 16.4. The van der Waals surface area contributed by atoms with Crippen molar-refractivity contribution >= 4 is 17.0 Å². The molecule has 1 aliphatic carbocycles. The van der Waals surface area contributed by atoms with E-state index in [1.165, 1.54) is 12.1 Å². The van der Waals surface area contributed by atoms with Crippen LogP contribution in [0.1, 0.15) is 25.7 Å². The lowest BCUT2D eigenvalue weighted by molar-refractivity contribution is 0.124. The van der Waals surface area contributed by atoms with E-state index in [0.717, 1.165) is 59.6 Å². The van der Waals surface area contributed by atoms with Gasteiger partial charge in [0.25, 0.3) is 0 Å². The number of aromatic nitrogens is 4. The molecule has 0 spiro atoms. The molecular formula is C23H22FN5O. The molecule has 1 aliphatic rings. The third-order valence-electron chi connectivity index (χ3n) is 5.56. The zero-order chi connectivity index (χ0) is 20.5. The number of benzene rings is 1. The summed E-state index contributed by atoms with van der Waals surface area (Å²) in [6.07, 6.45) is 6.89. The number of aliphatic hydroxyl groups excluding tert-OH is 1. The maximum atomic E-state index is 13.2. The molecule has 3 aromatic heterocycles. The number of hydrogen-bond donors (Lipinski definition) is 2. The molecule has 3 heterocycles. The van der Waals surface area contributed by atoms with E-state index in [1.807, 2.05) is 28.8 Å². The lowest BCUT2D eigenvalue weighted by Crippen LogP contribution is -2.30. The minimum Gasteiger partial charge on any atom is -0.393 e. The second kappa shape index (κ2) is 7.84. The first-order chi connectivity index (χ1) is 14.7. The normalized spacial score (nSPS) is 19.1. The SMILES string of the molecule is O[C@H]1CCC[C@@H](Nc2ccc3ncn(-c4ccnc(-c5ccc(F)cc5)c4)c3n2)C1. The van der Waals surface area contributed by atoms with Crippen LogP contribution in [0.3, 0.4) is 0 Å². The van der Waals surface area contributed by atoms with Crippen LogP contribution in [0, 0.1) is 5.82 Å². The first kappa shape index (κ1) is 18.7. The summed E-state index contributed by atoms with van der Waals surface area (Å²) in [5, 5.41) is 13.4. The highest BCUT2D eigenvalue weighted by molar-refractivity contribution is 5.75. The van der Waals surface area contributed by atoms with Crippen molar-refractivity contribution in [3.05, 3.63) is 66.9 Å². The van der Waals surface area contributed by atoms with Gasteiger partial charge in [-0.3, -0.25) is 9.55 Å². The average Bonchev–Trinajstić information content (AvgIpc) is 3.18. The van der Waals surface area contributed by atoms with Gasteiger partial charge >= 0.3 is 0 Å². The summed E-state index contributed by atoms with van der Waals surface area (Å²) in [7, 11) is 0. The fraction of sp³-hybridized carbons (Fsp3) is 0.261. The Hall–Kier alpha value is -3.32. The molecule has 6 nitrogen and oxygen atoms in total. The summed E-state index contributed by atoms with van der Waals surface area (Å²) in [5.74, 6) is 0.501. The average molecular weight is 403 g/mol. The van der Waals surface area contributed by atoms with Crippen LogP contribution >= 0.6 is 0 Å². The van der Waals surface area contributed by atoms with Crippen molar-refractivity contribution in [2.75, 3.05) is 5.32 Å². The minimum atomic E-state index is -0.273. The Morgan fingerprint density at radius 2 is 1.90 bits per heavy atom. The number of nitrogens with one attached hydrogen (secondary N) is 1. The van der Waals surface area contributed by atoms with Crippen molar-refractivity contribution in [2.24, 2.45) is 0 Å². The van der Waals surface area contributed by atoms with E-state index in [1.54, 1.807) is 24.7 Å². The molecule has 1 fully saturated rings. The Balaban J connectivity index is 1.47. The highest BCUT2D eigenvalue weighted by Gasteiger charge is 2.20. The van der Waals surface area contributed by atoms with Crippen molar-refractivity contribution in [1.29, 1.82) is 0 Å². The molecule has 4 aromatic rings. The van der Waals surface area contributed by atoms with Crippen LogP contribution in [-0.4, -0.2) is 36.8 Å². The van der Waals surface area contributed by atoms with Crippen LogP contribution in [-0.2, 0) is 0 Å². The summed E-state index contributed by atoms with van der Waals surface area (Å²) >= 11 is 0. The molecule has 5 rings (SSSR count). The van der Waals surface area contributed by atoms with Gasteiger partial charge in [0, 0.05) is 17.8 Å². The molecule has 2 N–H and O–H groups in total. The molecule has 0 bridgehead atoms. The number of anilines is 1. The standard InChI is InChI=1S/C23H22FN5O/c24-16-6-4-15(5-7-16)21-13-18(10-11-25-21)29-14-26-20-8-9-22(28-23(20)29)27-17-2-1-3-19(30)12-17/h4-11,13-14,17,19,30H,1-3,12H2,(H,27,28)/t17-,19+/m1/s1. The molecule has 0 amide bonds. The highest BCUT2D eigenvalue weighted by Crippen LogP contribution is 2.25. The van der Waals surface area contributed by atoms with Gasteiger partial charge in [-0.05, 0) is 74.2 Å². The smallest absolute Gasteiger partial charge is 0.166 e. The molecule has 0 radical (unpaired) electrons. The monoisotopic (exact) mass is 403 g/mol. The fourth-order valence-corrected chi connectivity index (χ4v) is 4.02. The largest absolute Gasteiger partial charge is 0.393 e. The second-order valence-electron chi connectivity index (χ2n) is 7.72. The van der Waals surface area contributed by atoms with E-state index in [9.17, 15) is 9.50 Å². The highest BCUT2D eigenvalue weighted by atomic mass is 19.1. The minimum absolute atomic E-state index is 0.223. The number of fused-ring (bicyclic) bond motifs is 1. The van der Waals surface area contributed by atoms with Crippen molar-refractivity contribution in [3.63, 3.8) is 0 Å². The van der Waals surface area contributed by atoms with E-state index < -0.39 is 0 Å². The Morgan fingerprint density at radius 3 is 2.73 bits per heavy atom. The predicted octanol–water partition coefficient (Wildman–Crippen LogP) is 4.34. The number of nitrogens with zero attached hydrogens (tertiary/aromatic N) is 4. The molecule has 1 saturated carbocycles. The van der Waals surface area contributed by atoms with Gasteiger partial charge in [-0.15, -0.1) is 0 Å². The lowest BCUT2D eigenvalue weighted by Gasteiger charge is -2.27. The molecule has 7 heteroatoms. The van der Waals surface area contributed by atoms with E-state index in [0.29, 0.717) is 0 Å². The Labute approximate surface area is 173 Å². The van der Waals surface area contributed by atoms with Gasteiger partial charge in [-0.1, -0.05) is 0 Å². The zero-order valence-electron chi connectivity index (χ0n) is 16.4. The fourth-order valence-electron chi connectivity index (χ4n) is 4.02. The number of hydrogen-bond acceptors (Lipinski definition) is 5. The number of halogens is 1. The van der Waals surface area contributed by atoms with Gasteiger partial charge in [-0.2, -0.15) is 0 Å². The van der Waals surface area contributed by atoms with Crippen molar-refractivity contribution in [3.8, 4) is 16.9 Å². The molecular weight excluding hydrogens is 381 g/mol. The van der Waals surface area contributed by atoms with Gasteiger partial charge in [0.2, 0.25) is 0 Å². The van der Waals surface area contributed by atoms with Crippen LogP contribution in [0.25, 0.3) is 28.1 Å². The Kier molecular flexibility index (Phi) is 4.88. The first-order valence-electron chi connectivity index (χ1n) is 10.2. The van der Waals surface area contributed by atoms with Crippen molar-refractivity contribution in [2.45, 2.75) is 37.8 Å². The number of rotatable bonds is 4. The number of imidazole rings is 1. The lowest BCUT2D eigenvalue weighted by atomic mass is 9.93. The van der Waals surface area contributed by atoms with Crippen LogP contribution in [0.2, 0.25) is 0 Å². The van der Waals surface area contributed by atoms with Gasteiger partial charge in [0.1, 0.15) is 23.5 Å². The Bertz CT molecular complexity index is 1170. The maximum absolute atomic E-state index is 13.2. The van der Waals surface area contributed by atoms with Crippen LogP contribution < -0.4 is 5.32 Å². The maximum Gasteiger partial charge on any atom is 0.166 e. The third kappa shape index (κ3) is 3.76. The Morgan fingerprint density at radius 1 is 1.03 bits per heavy atom. The van der Waals surface area contributed by atoms with E-state index in [2.05, 4.69) is 15.3 Å². The first-order valence-corrected chi connectivity index (χ1v) is 10.2. The molecule has 1 aromatic carbocycles. The summed E-state index contributed by atoms with van der Waals surface area (Å²) in [4.78, 5) is 13.7. The van der Waals surface area contributed by atoms with Crippen molar-refractivity contribution < 1.29 is 9.50 Å². The van der Waals surface area contributed by atoms with Crippen LogP contribution in [0.5, 0.6) is 0 Å². The van der Waals surface area contributed by atoms with Gasteiger partial charge in [0.05, 0.1) is 17.5 Å². The summed E-state index contributed by atoms with van der Waals surface area (Å²) < 4.78 is 15.2. The van der Waals surface area contributed by atoms with Gasteiger partial charge in [-0.25, -0.2) is 14.4 Å². The molecule has 152 valence electrons. The number of aliphatic hydroxyl groups is 1. The van der Waals surface area contributed by atoms with E-state index in [-0.39, 0.29) is 18.0 Å². The molecule has 0 unspecified atom stereocenters. The molecule has 0 aliphatic heterocycles. The van der Waals surface area contributed by atoms with E-state index in [4.69, 9.17) is 4.98 Å². The quantitative estimate of drug-likeness (QED) is 0.530. The summed E-state index contributed by atoms with van der Waals surface area (Å²) in [6.45, 7) is 0. The number of pyridine rings is 2. The second-order valence-corrected chi connectivity index (χ2v) is 7.72.